The van der Waals surface area contributed by atoms with Crippen molar-refractivity contribution in [2.24, 2.45) is 5.73 Å². The highest BCUT2D eigenvalue weighted by molar-refractivity contribution is 5.95. The van der Waals surface area contributed by atoms with Crippen molar-refractivity contribution in [2.45, 2.75) is 13.0 Å². The number of hydrogen-bond donors (Lipinski definition) is 2. The van der Waals surface area contributed by atoms with E-state index in [1.165, 1.54) is 5.56 Å². The first-order chi connectivity index (χ1) is 8.49. The molecule has 0 aromatic heterocycles. The molecule has 1 rings (SSSR count). The van der Waals surface area contributed by atoms with E-state index in [1.807, 2.05) is 18.2 Å². The van der Waals surface area contributed by atoms with Crippen LogP contribution in [0, 0.1) is 5.41 Å². The summed E-state index contributed by atoms with van der Waals surface area (Å²) >= 11 is 0. The normalized spacial score (nSPS) is 11.2. The van der Waals surface area contributed by atoms with Crippen LogP contribution in [0.1, 0.15) is 17.5 Å². The van der Waals surface area contributed by atoms with E-state index >= 15 is 0 Å². The highest BCUT2D eigenvalue weighted by atomic mass is 15.1. The molecule has 0 bridgehead atoms. The van der Waals surface area contributed by atoms with Gasteiger partial charge < -0.3 is 15.5 Å². The molecule has 0 unspecified atom stereocenters. The van der Waals surface area contributed by atoms with E-state index in [0.717, 1.165) is 31.6 Å². The van der Waals surface area contributed by atoms with Crippen molar-refractivity contribution < 1.29 is 0 Å². The zero-order valence-corrected chi connectivity index (χ0v) is 11.6. The zero-order chi connectivity index (χ0) is 13.5. The number of benzene rings is 1. The summed E-state index contributed by atoms with van der Waals surface area (Å²) in [6.07, 6.45) is 1.16. The van der Waals surface area contributed by atoms with E-state index in [-0.39, 0.29) is 5.84 Å². The van der Waals surface area contributed by atoms with Crippen molar-refractivity contribution in [2.75, 3.05) is 34.2 Å². The number of nitrogen functional groups attached to an aromatic ring is 1. The number of amidine groups is 1. The summed E-state index contributed by atoms with van der Waals surface area (Å²) < 4.78 is 0. The van der Waals surface area contributed by atoms with Gasteiger partial charge in [0, 0.05) is 12.1 Å². The molecule has 100 valence electrons. The molecule has 0 aliphatic heterocycles. The van der Waals surface area contributed by atoms with Crippen LogP contribution in [0.5, 0.6) is 0 Å². The Morgan fingerprint density at radius 2 is 1.94 bits per heavy atom. The average molecular weight is 248 g/mol. The summed E-state index contributed by atoms with van der Waals surface area (Å²) in [6, 6.07) is 7.90. The Morgan fingerprint density at radius 1 is 1.22 bits per heavy atom. The Labute approximate surface area is 110 Å². The first-order valence-electron chi connectivity index (χ1n) is 6.25. The van der Waals surface area contributed by atoms with Crippen LogP contribution >= 0.6 is 0 Å². The Bertz CT molecular complexity index is 387. The molecule has 0 aliphatic rings. The van der Waals surface area contributed by atoms with Crippen molar-refractivity contribution in [3.8, 4) is 0 Å². The second-order valence-corrected chi connectivity index (χ2v) is 5.01. The molecular formula is C14H24N4. The summed E-state index contributed by atoms with van der Waals surface area (Å²) in [4.78, 5) is 4.49. The molecule has 0 aliphatic carbocycles. The second-order valence-electron chi connectivity index (χ2n) is 5.01. The minimum atomic E-state index is 0.132. The fraction of sp³-hybridized carbons (Fsp3) is 0.500. The summed E-state index contributed by atoms with van der Waals surface area (Å²) in [5.41, 5.74) is 7.50. The average Bonchev–Trinajstić information content (AvgIpc) is 2.28. The summed E-state index contributed by atoms with van der Waals surface area (Å²) in [7, 11) is 6.31. The molecule has 0 amide bonds. The van der Waals surface area contributed by atoms with Gasteiger partial charge in [-0.15, -0.1) is 0 Å². The smallest absolute Gasteiger partial charge is 0.122 e. The van der Waals surface area contributed by atoms with Gasteiger partial charge in [-0.25, -0.2) is 0 Å². The van der Waals surface area contributed by atoms with Crippen molar-refractivity contribution >= 4 is 5.84 Å². The van der Waals surface area contributed by atoms with E-state index in [4.69, 9.17) is 11.1 Å². The van der Waals surface area contributed by atoms with Gasteiger partial charge in [0.15, 0.2) is 0 Å². The van der Waals surface area contributed by atoms with E-state index in [1.54, 1.807) is 0 Å². The second kappa shape index (κ2) is 7.13. The van der Waals surface area contributed by atoms with Crippen LogP contribution in [0.3, 0.4) is 0 Å². The van der Waals surface area contributed by atoms with Gasteiger partial charge in [0.2, 0.25) is 0 Å². The van der Waals surface area contributed by atoms with Crippen molar-refractivity contribution in [1.29, 1.82) is 5.41 Å². The van der Waals surface area contributed by atoms with Gasteiger partial charge in [0.25, 0.3) is 0 Å². The van der Waals surface area contributed by atoms with Gasteiger partial charge in [-0.2, -0.15) is 0 Å². The van der Waals surface area contributed by atoms with Gasteiger partial charge in [0.05, 0.1) is 0 Å². The predicted molar refractivity (Wildman–Crippen MR) is 77.0 cm³/mol. The lowest BCUT2D eigenvalue weighted by atomic mass is 10.1. The van der Waals surface area contributed by atoms with Crippen LogP contribution in [0.25, 0.3) is 0 Å². The molecule has 1 aromatic rings. The fourth-order valence-electron chi connectivity index (χ4n) is 1.88. The van der Waals surface area contributed by atoms with E-state index < -0.39 is 0 Å². The minimum Gasteiger partial charge on any atom is -0.384 e. The Kier molecular flexibility index (Phi) is 5.82. The van der Waals surface area contributed by atoms with Crippen molar-refractivity contribution in [3.05, 3.63) is 35.4 Å². The SMILES string of the molecule is CN(C)CCCN(C)Cc1cccc(C(=N)N)c1. The highest BCUT2D eigenvalue weighted by Gasteiger charge is 2.03. The van der Waals surface area contributed by atoms with Gasteiger partial charge in [-0.05, 0) is 52.3 Å². The molecule has 18 heavy (non-hydrogen) atoms. The van der Waals surface area contributed by atoms with Crippen LogP contribution in [-0.2, 0) is 6.54 Å². The van der Waals surface area contributed by atoms with Crippen molar-refractivity contribution in [1.82, 2.24) is 9.80 Å². The molecule has 0 saturated carbocycles. The Morgan fingerprint density at radius 3 is 2.56 bits per heavy atom. The lowest BCUT2D eigenvalue weighted by molar-refractivity contribution is 0.294. The predicted octanol–water partition coefficient (Wildman–Crippen LogP) is 1.35. The number of nitrogens with two attached hydrogens (primary N) is 1. The molecule has 1 aromatic carbocycles. The van der Waals surface area contributed by atoms with Crippen LogP contribution in [-0.4, -0.2) is 49.9 Å². The standard InChI is InChI=1S/C14H24N4/c1-17(2)8-5-9-18(3)11-12-6-4-7-13(10-12)14(15)16/h4,6-7,10H,5,8-9,11H2,1-3H3,(H3,15,16). The molecule has 0 radical (unpaired) electrons. The lowest BCUT2D eigenvalue weighted by Gasteiger charge is -2.18. The largest absolute Gasteiger partial charge is 0.384 e. The van der Waals surface area contributed by atoms with Crippen LogP contribution < -0.4 is 5.73 Å². The van der Waals surface area contributed by atoms with E-state index in [0.29, 0.717) is 0 Å². The summed E-state index contributed by atoms with van der Waals surface area (Å²) in [5.74, 6) is 0.132. The number of rotatable bonds is 7. The zero-order valence-electron chi connectivity index (χ0n) is 11.6. The van der Waals surface area contributed by atoms with Gasteiger partial charge >= 0.3 is 0 Å². The maximum Gasteiger partial charge on any atom is 0.122 e. The first kappa shape index (κ1) is 14.7. The minimum absolute atomic E-state index is 0.132. The van der Waals surface area contributed by atoms with E-state index in [9.17, 15) is 0 Å². The monoisotopic (exact) mass is 248 g/mol. The van der Waals surface area contributed by atoms with Gasteiger partial charge in [-0.1, -0.05) is 18.2 Å². The molecule has 0 fully saturated rings. The molecular weight excluding hydrogens is 224 g/mol. The molecule has 0 atom stereocenters. The molecule has 0 heterocycles. The first-order valence-corrected chi connectivity index (χ1v) is 6.25. The topological polar surface area (TPSA) is 56.4 Å². The maximum absolute atomic E-state index is 7.43. The molecule has 4 nitrogen and oxygen atoms in total. The van der Waals surface area contributed by atoms with E-state index in [2.05, 4.69) is 37.0 Å². The summed E-state index contributed by atoms with van der Waals surface area (Å²) in [5, 5.41) is 7.43. The van der Waals surface area contributed by atoms with Crippen LogP contribution in [0.4, 0.5) is 0 Å². The Balaban J connectivity index is 2.46. The third-order valence-corrected chi connectivity index (χ3v) is 2.84. The molecule has 0 spiro atoms. The fourth-order valence-corrected chi connectivity index (χ4v) is 1.88. The van der Waals surface area contributed by atoms with Gasteiger partial charge in [0.1, 0.15) is 5.84 Å². The molecule has 0 saturated heterocycles. The lowest BCUT2D eigenvalue weighted by Crippen LogP contribution is -2.23. The van der Waals surface area contributed by atoms with Crippen LogP contribution in [0.2, 0.25) is 0 Å². The third-order valence-electron chi connectivity index (χ3n) is 2.84. The highest BCUT2D eigenvalue weighted by Crippen LogP contribution is 2.07. The third kappa shape index (κ3) is 5.29. The number of nitrogens with one attached hydrogen (secondary N) is 1. The van der Waals surface area contributed by atoms with Crippen LogP contribution in [0.15, 0.2) is 24.3 Å². The van der Waals surface area contributed by atoms with Crippen molar-refractivity contribution in [3.63, 3.8) is 0 Å². The maximum atomic E-state index is 7.43. The number of nitrogens with zero attached hydrogens (tertiary/aromatic N) is 2. The number of hydrogen-bond acceptors (Lipinski definition) is 3. The summed E-state index contributed by atoms with van der Waals surface area (Å²) in [6.45, 7) is 3.08. The molecule has 3 N–H and O–H groups in total. The molecule has 4 heteroatoms. The van der Waals surface area contributed by atoms with Gasteiger partial charge in [-0.3, -0.25) is 5.41 Å². The quantitative estimate of drug-likeness (QED) is 0.566. The Hall–Kier alpha value is -1.39.